The highest BCUT2D eigenvalue weighted by molar-refractivity contribution is 8.00. The Bertz CT molecular complexity index is 5190. The largest absolute Gasteiger partial charge is 0.508 e. The van der Waals surface area contributed by atoms with Crippen LogP contribution in [0.4, 0.5) is 0 Å². The fourth-order valence-electron chi connectivity index (χ4n) is 16.5. The molecular formula is C89H124N24O20S. The number of rotatable bonds is 26. The molecule has 0 bridgehead atoms. The third-order valence-electron chi connectivity index (χ3n) is 24.0. The number of aromatic amines is 3. The lowest BCUT2D eigenvalue weighted by atomic mass is 9.99. The number of aliphatic hydroxyl groups is 1. The quantitative estimate of drug-likeness (QED) is 0.0244. The number of likely N-dealkylation sites (N-methyl/N-ethyl adjacent to an activating group) is 3. The van der Waals surface area contributed by atoms with Crippen molar-refractivity contribution in [1.29, 1.82) is 0 Å². The van der Waals surface area contributed by atoms with Gasteiger partial charge in [0.25, 0.3) is 0 Å². The topological polar surface area (TPSA) is 675 Å². The molecule has 0 aliphatic carbocycles. The molecular weight excluding hydrogens is 1760 g/mol. The molecule has 15 atom stereocenters. The number of phenols is 1. The van der Waals surface area contributed by atoms with Crippen molar-refractivity contribution in [3.05, 3.63) is 120 Å². The molecule has 3 fully saturated rings. The number of aromatic nitrogens is 4. The summed E-state index contributed by atoms with van der Waals surface area (Å²) >= 11 is 0.766. The molecule has 44 nitrogen and oxygen atoms in total. The number of phenolic OH excluding ortho intramolecular Hbond substituents is 1. The number of carbonyl (C=O) groups excluding carboxylic acids is 18. The van der Waals surface area contributed by atoms with Crippen molar-refractivity contribution < 1.29 is 96.5 Å². The number of hydrogen-bond donors (Lipinski definition) is 20. The fraction of sp³-hybridized carbons (Fsp3) is 0.517. The molecule has 3 aliphatic heterocycles. The van der Waals surface area contributed by atoms with Crippen LogP contribution < -0.4 is 81.8 Å². The summed E-state index contributed by atoms with van der Waals surface area (Å²) in [6.45, 7) is 3.05. The van der Waals surface area contributed by atoms with E-state index >= 15 is 38.4 Å². The number of imidazole rings is 1. The number of unbranched alkanes of at least 4 members (excludes halogenated alkanes) is 2. The SMILES string of the molecule is CCCC[C@H]1C(=O)N(C)[C@@H](CCCC)C(=O)N[C@@H](CCN)C(=O)N[C@H](C(=O)NCC(N)=O)CSCC(=O)N[C@@H](Cc2ccc(O)cc2)C(=O)N(C)[C@@H](C)C(=O)N[C@@H](CC(N)=O)C(=O)N2CCC[C@H]2C(=O)N[C@@H](Cc2cnc[nH]2)C(=O)N[C@@H](CCC(N)=O)C(=O)N2C[C@H](O)C[C@H]2C(=O)N[C@@H](Cc2c[nH]c3ccccc23)C(=O)N[C@@H](CCN)C(=O)N[C@@H](Cc2c[nH]c3ccccc23)C(=O)N1C. The summed E-state index contributed by atoms with van der Waals surface area (Å²) < 4.78 is 0. The molecule has 726 valence electrons. The van der Waals surface area contributed by atoms with Crippen LogP contribution in [0.5, 0.6) is 5.75 Å². The van der Waals surface area contributed by atoms with Gasteiger partial charge in [-0.1, -0.05) is 88.1 Å². The fourth-order valence-corrected chi connectivity index (χ4v) is 17.4. The summed E-state index contributed by atoms with van der Waals surface area (Å²) in [5.41, 5.74) is 32.1. The molecule has 18 amide bonds. The highest BCUT2D eigenvalue weighted by Gasteiger charge is 2.47. The van der Waals surface area contributed by atoms with Gasteiger partial charge in [-0.15, -0.1) is 11.8 Å². The predicted octanol–water partition coefficient (Wildman–Crippen LogP) is -4.27. The lowest BCUT2D eigenvalue weighted by Gasteiger charge is -2.36. The number of aromatic hydroxyl groups is 1. The Labute approximate surface area is 777 Å². The Hall–Kier alpha value is -13.6. The van der Waals surface area contributed by atoms with E-state index in [1.165, 1.54) is 69.8 Å². The number of hydrogen-bond acceptors (Lipinski definition) is 24. The number of nitrogens with zero attached hydrogens (tertiary/aromatic N) is 6. The summed E-state index contributed by atoms with van der Waals surface area (Å²) in [7, 11) is 3.93. The van der Waals surface area contributed by atoms with E-state index in [2.05, 4.69) is 73.1 Å². The van der Waals surface area contributed by atoms with E-state index in [4.69, 9.17) is 28.7 Å². The zero-order chi connectivity index (χ0) is 97.7. The van der Waals surface area contributed by atoms with E-state index < -0.39 is 247 Å². The molecule has 0 saturated carbocycles. The number of fused-ring (bicyclic) bond motifs is 4. The zero-order valence-electron chi connectivity index (χ0n) is 75.8. The minimum absolute atomic E-state index is 0.00359. The molecule has 0 radical (unpaired) electrons. The average molecular weight is 1880 g/mol. The summed E-state index contributed by atoms with van der Waals surface area (Å²) in [6.07, 6.45) is 2.13. The molecule has 6 heterocycles. The number of amides is 18. The highest BCUT2D eigenvalue weighted by Crippen LogP contribution is 2.28. The summed E-state index contributed by atoms with van der Waals surface area (Å²) in [6, 6.07) is -2.25. The van der Waals surface area contributed by atoms with E-state index in [-0.39, 0.29) is 95.3 Å². The van der Waals surface area contributed by atoms with Crippen molar-refractivity contribution >= 4 is 140 Å². The third-order valence-corrected chi connectivity index (χ3v) is 25.1. The van der Waals surface area contributed by atoms with Crippen LogP contribution in [-0.2, 0) is 112 Å². The molecule has 0 spiro atoms. The number of nitrogens with two attached hydrogens (primary N) is 5. The van der Waals surface area contributed by atoms with Crippen LogP contribution in [0.15, 0.2) is 97.7 Å². The lowest BCUT2D eigenvalue weighted by molar-refractivity contribution is -0.149. The smallest absolute Gasteiger partial charge is 0.246 e. The van der Waals surface area contributed by atoms with Crippen molar-refractivity contribution in [2.45, 2.75) is 227 Å². The van der Waals surface area contributed by atoms with Crippen molar-refractivity contribution in [1.82, 2.24) is 97.6 Å². The van der Waals surface area contributed by atoms with Gasteiger partial charge >= 0.3 is 0 Å². The number of carbonyl (C=O) groups is 18. The van der Waals surface area contributed by atoms with E-state index in [0.717, 1.165) is 31.4 Å². The van der Waals surface area contributed by atoms with Crippen molar-refractivity contribution in [2.24, 2.45) is 28.7 Å². The Morgan fingerprint density at radius 1 is 0.507 bits per heavy atom. The first-order valence-electron chi connectivity index (χ1n) is 44.7. The monoisotopic (exact) mass is 1880 g/mol. The van der Waals surface area contributed by atoms with Gasteiger partial charge in [-0.05, 0) is 106 Å². The Morgan fingerprint density at radius 3 is 1.60 bits per heavy atom. The van der Waals surface area contributed by atoms with Crippen LogP contribution in [0.3, 0.4) is 0 Å². The summed E-state index contributed by atoms with van der Waals surface area (Å²) in [5, 5.41) is 49.3. The standard InChI is InChI=1S/C89H124N24O20S/c1-7-9-20-68-82(126)102-60(30-32-91)79(123)108-67(77(121)98-43-74(94)118)45-134-46-75(119)100-64(34-49-23-25-53(114)26-24-49)85(129)109(4)48(3)76(120)106-66(39-73(93)117)88(132)112-33-15-22-69(112)83(127)105-63(37-52-42-95-47-99-52)81(125)103-61(27-28-72(92)116)87(131)113-44-54(115)38-71(113)84(128)104-62(35-50-40-96-57-18-13-11-16-55(50)57)80(124)101-59(29-31-90)78(122)107-65(36-51-41-97-58-19-14-12-17-56(51)58)86(130)111(6)70(21-10-8-2)89(133)110(68)5/h11-14,16-19,23-26,40-42,47-48,54,59-71,96-97,114-115H,7-10,15,20-22,27-39,43-46,90-91H2,1-6H3,(H2,92,116)(H2,93,117)(H2,94,118)(H,95,99)(H,98,121)(H,100,119)(H,101,124)(H,102,126)(H,103,125)(H,104,128)(H,105,127)(H,106,120)(H,107,122)(H,108,123)/t48-,54+,59-,60-,61-,62-,63-,64-,65-,66-,67-,68-,69-,70-,71-/m0/s1. The van der Waals surface area contributed by atoms with Gasteiger partial charge < -0.3 is 132 Å². The molecule has 134 heavy (non-hydrogen) atoms. The van der Waals surface area contributed by atoms with Crippen molar-refractivity contribution in [3.63, 3.8) is 0 Å². The van der Waals surface area contributed by atoms with Gasteiger partial charge in [-0.25, -0.2) is 4.98 Å². The Kier molecular flexibility index (Phi) is 38.7. The predicted molar refractivity (Wildman–Crippen MR) is 490 cm³/mol. The molecule has 3 aliphatic rings. The number of primary amides is 3. The van der Waals surface area contributed by atoms with Crippen LogP contribution in [-0.4, -0.2) is 317 Å². The van der Waals surface area contributed by atoms with Gasteiger partial charge in [-0.3, -0.25) is 86.3 Å². The number of nitrogens with one attached hydrogen (secondary N) is 13. The molecule has 3 aromatic carbocycles. The van der Waals surface area contributed by atoms with E-state index in [1.807, 2.05) is 13.8 Å². The first-order valence-corrected chi connectivity index (χ1v) is 45.9. The molecule has 6 aromatic rings. The van der Waals surface area contributed by atoms with Crippen LogP contribution >= 0.6 is 11.8 Å². The van der Waals surface area contributed by atoms with Crippen LogP contribution in [0.2, 0.25) is 0 Å². The van der Waals surface area contributed by atoms with Crippen molar-refractivity contribution in [3.8, 4) is 5.75 Å². The highest BCUT2D eigenvalue weighted by atomic mass is 32.2. The summed E-state index contributed by atoms with van der Waals surface area (Å²) in [4.78, 5) is 281. The average Bonchev–Trinajstić information content (AvgIpc) is 1.13. The van der Waals surface area contributed by atoms with E-state index in [1.54, 1.807) is 60.9 Å². The van der Waals surface area contributed by atoms with Crippen molar-refractivity contribution in [2.75, 3.05) is 65.4 Å². The van der Waals surface area contributed by atoms with E-state index in [0.29, 0.717) is 64.2 Å². The van der Waals surface area contributed by atoms with Gasteiger partial charge in [0.15, 0.2) is 0 Å². The van der Waals surface area contributed by atoms with Crippen LogP contribution in [0.25, 0.3) is 21.8 Å². The molecule has 9 rings (SSSR count). The number of benzene rings is 3. The molecule has 45 heteroatoms. The minimum atomic E-state index is -1.81. The first kappa shape index (κ1) is 104. The maximum atomic E-state index is 15.8. The Morgan fingerprint density at radius 2 is 1.02 bits per heavy atom. The normalized spacial score (nSPS) is 24.8. The molecule has 0 unspecified atom stereocenters. The zero-order valence-corrected chi connectivity index (χ0v) is 76.6. The maximum absolute atomic E-state index is 15.8. The second-order valence-electron chi connectivity index (χ2n) is 33.8. The van der Waals surface area contributed by atoms with Gasteiger partial charge in [0.1, 0.15) is 90.3 Å². The van der Waals surface area contributed by atoms with Gasteiger partial charge in [0.2, 0.25) is 106 Å². The second kappa shape index (κ2) is 49.8. The lowest BCUT2D eigenvalue weighted by Crippen LogP contribution is -2.61. The molecule has 3 saturated heterocycles. The van der Waals surface area contributed by atoms with Gasteiger partial charge in [0.05, 0.1) is 31.1 Å². The third kappa shape index (κ3) is 28.5. The maximum Gasteiger partial charge on any atom is 0.246 e. The Balaban J connectivity index is 1.10. The van der Waals surface area contributed by atoms with Gasteiger partial charge in [-0.2, -0.15) is 0 Å². The second-order valence-corrected chi connectivity index (χ2v) is 34.9. The number of aliphatic hydroxyl groups excluding tert-OH is 1. The molecule has 25 N–H and O–H groups in total. The van der Waals surface area contributed by atoms with Crippen LogP contribution in [0, 0.1) is 0 Å². The number of para-hydroxylation sites is 2. The van der Waals surface area contributed by atoms with Gasteiger partial charge in [0, 0.05) is 125 Å². The number of H-pyrrole nitrogens is 3. The van der Waals surface area contributed by atoms with Crippen LogP contribution in [0.1, 0.15) is 133 Å². The number of thioether (sulfide) groups is 1. The first-order chi connectivity index (χ1) is 63.9. The minimum Gasteiger partial charge on any atom is -0.508 e. The summed E-state index contributed by atoms with van der Waals surface area (Å²) in [5.74, 6) is -18.3. The molecule has 3 aromatic heterocycles. The van der Waals surface area contributed by atoms with E-state index in [9.17, 15) is 58.2 Å².